The molecule has 0 aliphatic carbocycles. The van der Waals surface area contributed by atoms with Crippen molar-refractivity contribution in [2.75, 3.05) is 0 Å². The second-order valence-electron chi connectivity index (χ2n) is 10.4. The van der Waals surface area contributed by atoms with E-state index in [0.717, 1.165) is 44.9 Å². The van der Waals surface area contributed by atoms with Gasteiger partial charge in [0.05, 0.1) is 0 Å². The number of carbonyl (C=O) groups excluding carboxylic acids is 2. The molecule has 0 radical (unpaired) electrons. The first-order valence-corrected chi connectivity index (χ1v) is 13.4. The van der Waals surface area contributed by atoms with E-state index in [0.29, 0.717) is 19.3 Å². The van der Waals surface area contributed by atoms with Crippen LogP contribution >= 0.6 is 0 Å². The van der Waals surface area contributed by atoms with Crippen molar-refractivity contribution in [1.82, 2.24) is 0 Å². The molecule has 0 saturated heterocycles. The van der Waals surface area contributed by atoms with Crippen molar-refractivity contribution in [3.63, 3.8) is 0 Å². The van der Waals surface area contributed by atoms with E-state index in [1.165, 1.54) is 32.1 Å². The summed E-state index contributed by atoms with van der Waals surface area (Å²) in [5.41, 5.74) is -0.418. The minimum Gasteiger partial charge on any atom is -0.460 e. The molecule has 37 heavy (non-hydrogen) atoms. The maximum absolute atomic E-state index is 13.5. The third kappa shape index (κ3) is 13.8. The molecule has 212 valence electrons. The van der Waals surface area contributed by atoms with Crippen LogP contribution in [-0.2, 0) is 14.3 Å². The molecule has 9 heteroatoms. The van der Waals surface area contributed by atoms with Gasteiger partial charge in [0.1, 0.15) is 5.60 Å². The lowest BCUT2D eigenvalue weighted by molar-refractivity contribution is -0.155. The van der Waals surface area contributed by atoms with Gasteiger partial charge in [-0.2, -0.15) is 8.78 Å². The van der Waals surface area contributed by atoms with Crippen LogP contribution in [0.3, 0.4) is 0 Å². The summed E-state index contributed by atoms with van der Waals surface area (Å²) in [6.07, 6.45) is 14.6. The van der Waals surface area contributed by atoms with Crippen LogP contribution in [0.5, 0.6) is 5.75 Å². The fraction of sp³-hybridized carbons (Fsp3) is 0.714. The number of halogens is 5. The number of hydrogen-bond acceptors (Lipinski definition) is 4. The highest BCUT2D eigenvalue weighted by Crippen LogP contribution is 2.29. The molecule has 0 fully saturated rings. The van der Waals surface area contributed by atoms with Gasteiger partial charge in [-0.25, -0.2) is 13.2 Å². The second-order valence-corrected chi connectivity index (χ2v) is 10.4. The average Bonchev–Trinajstić information content (AvgIpc) is 2.82. The predicted octanol–water partition coefficient (Wildman–Crippen LogP) is 8.87. The summed E-state index contributed by atoms with van der Waals surface area (Å²) < 4.78 is 76.1. The van der Waals surface area contributed by atoms with E-state index in [1.54, 1.807) is 0 Å². The van der Waals surface area contributed by atoms with E-state index >= 15 is 0 Å². The summed E-state index contributed by atoms with van der Waals surface area (Å²) >= 11 is 0. The second kappa shape index (κ2) is 17.3. The van der Waals surface area contributed by atoms with Crippen molar-refractivity contribution in [1.29, 1.82) is 0 Å². The van der Waals surface area contributed by atoms with Crippen LogP contribution in [0.1, 0.15) is 124 Å². The van der Waals surface area contributed by atoms with Crippen molar-refractivity contribution in [3.8, 4) is 5.75 Å². The Morgan fingerprint density at radius 1 is 0.514 bits per heavy atom. The highest BCUT2D eigenvalue weighted by atomic mass is 19.2. The maximum atomic E-state index is 13.5. The third-order valence-corrected chi connectivity index (χ3v) is 5.82. The highest BCUT2D eigenvalue weighted by Gasteiger charge is 2.28. The van der Waals surface area contributed by atoms with Gasteiger partial charge in [-0.1, -0.05) is 77.0 Å². The fourth-order valence-corrected chi connectivity index (χ4v) is 3.89. The van der Waals surface area contributed by atoms with Gasteiger partial charge in [0.25, 0.3) is 0 Å². The molecular formula is C28H41F5O4. The molecule has 1 rings (SSSR count). The summed E-state index contributed by atoms with van der Waals surface area (Å²) in [6, 6.07) is 0. The monoisotopic (exact) mass is 536 g/mol. The SMILES string of the molecule is CC(C)(C)OC(=O)CCCCCCCCCCCCCCCCC(=O)Oc1c(F)c(F)c(F)c(F)c1F. The van der Waals surface area contributed by atoms with Crippen LogP contribution in [0.15, 0.2) is 0 Å². The summed E-state index contributed by atoms with van der Waals surface area (Å²) in [7, 11) is 0. The minimum atomic E-state index is -2.29. The number of benzene rings is 1. The van der Waals surface area contributed by atoms with E-state index in [1.807, 2.05) is 20.8 Å². The molecule has 4 nitrogen and oxygen atoms in total. The van der Waals surface area contributed by atoms with Crippen LogP contribution in [-0.4, -0.2) is 17.5 Å². The number of hydrogen-bond donors (Lipinski definition) is 0. The van der Waals surface area contributed by atoms with E-state index < -0.39 is 46.4 Å². The lowest BCUT2D eigenvalue weighted by atomic mass is 10.0. The first-order valence-electron chi connectivity index (χ1n) is 13.4. The summed E-state index contributed by atoms with van der Waals surface area (Å²) in [5.74, 6) is -13.6. The maximum Gasteiger partial charge on any atom is 0.311 e. The summed E-state index contributed by atoms with van der Waals surface area (Å²) in [4.78, 5) is 23.4. The Hall–Kier alpha value is -2.19. The highest BCUT2D eigenvalue weighted by molar-refractivity contribution is 5.72. The Kier molecular flexibility index (Phi) is 15.4. The predicted molar refractivity (Wildman–Crippen MR) is 132 cm³/mol. The summed E-state index contributed by atoms with van der Waals surface area (Å²) in [6.45, 7) is 5.62. The number of unbranched alkanes of at least 4 members (excludes halogenated alkanes) is 13. The molecule has 0 N–H and O–H groups in total. The quantitative estimate of drug-likeness (QED) is 0.0470. The van der Waals surface area contributed by atoms with Gasteiger partial charge in [0.2, 0.25) is 34.8 Å². The lowest BCUT2D eigenvalue weighted by Crippen LogP contribution is -2.23. The van der Waals surface area contributed by atoms with Crippen molar-refractivity contribution in [3.05, 3.63) is 29.1 Å². The van der Waals surface area contributed by atoms with Gasteiger partial charge >= 0.3 is 11.9 Å². The first-order chi connectivity index (χ1) is 17.4. The Morgan fingerprint density at radius 3 is 1.16 bits per heavy atom. The van der Waals surface area contributed by atoms with Gasteiger partial charge in [0.15, 0.2) is 0 Å². The van der Waals surface area contributed by atoms with Gasteiger partial charge in [-0.15, -0.1) is 0 Å². The number of esters is 2. The molecule has 0 aliphatic rings. The Morgan fingerprint density at radius 2 is 0.811 bits per heavy atom. The Balaban J connectivity index is 1.96. The number of carbonyl (C=O) groups is 2. The van der Waals surface area contributed by atoms with Crippen LogP contribution in [0.25, 0.3) is 0 Å². The molecule has 0 aliphatic heterocycles. The lowest BCUT2D eigenvalue weighted by Gasteiger charge is -2.19. The van der Waals surface area contributed by atoms with E-state index in [4.69, 9.17) is 4.74 Å². The first kappa shape index (κ1) is 32.8. The topological polar surface area (TPSA) is 52.6 Å². The van der Waals surface area contributed by atoms with Gasteiger partial charge in [0, 0.05) is 12.8 Å². The van der Waals surface area contributed by atoms with E-state index in [9.17, 15) is 31.5 Å². The van der Waals surface area contributed by atoms with Crippen LogP contribution < -0.4 is 4.74 Å². The summed E-state index contributed by atoms with van der Waals surface area (Å²) in [5, 5.41) is 0. The molecule has 0 heterocycles. The average molecular weight is 537 g/mol. The molecule has 1 aromatic rings. The fourth-order valence-electron chi connectivity index (χ4n) is 3.89. The molecular weight excluding hydrogens is 495 g/mol. The zero-order valence-electron chi connectivity index (χ0n) is 22.3. The van der Waals surface area contributed by atoms with Crippen molar-refractivity contribution < 1.29 is 41.0 Å². The number of ether oxygens (including phenoxy) is 2. The molecule has 0 saturated carbocycles. The zero-order chi connectivity index (χ0) is 27.8. The molecule has 0 amide bonds. The smallest absolute Gasteiger partial charge is 0.311 e. The minimum absolute atomic E-state index is 0.124. The molecule has 1 aromatic carbocycles. The molecule has 0 unspecified atom stereocenters. The van der Waals surface area contributed by atoms with Crippen LogP contribution in [0.2, 0.25) is 0 Å². The molecule has 0 aromatic heterocycles. The van der Waals surface area contributed by atoms with Gasteiger partial charge in [-0.05, 0) is 33.6 Å². The number of rotatable bonds is 18. The molecule has 0 atom stereocenters. The van der Waals surface area contributed by atoms with Crippen molar-refractivity contribution >= 4 is 11.9 Å². The van der Waals surface area contributed by atoms with Crippen molar-refractivity contribution in [2.24, 2.45) is 0 Å². The normalized spacial score (nSPS) is 11.6. The van der Waals surface area contributed by atoms with E-state index in [2.05, 4.69) is 4.74 Å². The van der Waals surface area contributed by atoms with Crippen molar-refractivity contribution in [2.45, 2.75) is 129 Å². The third-order valence-electron chi connectivity index (χ3n) is 5.82. The zero-order valence-corrected chi connectivity index (χ0v) is 22.3. The Bertz CT molecular complexity index is 823. The standard InChI is InChI=1S/C28H41F5O4/c1-28(2,3)37-21(35)19-17-15-13-11-9-7-5-4-6-8-10-12-14-16-18-20(34)36-27-25(32)23(30)22(29)24(31)26(27)33/h4-19H2,1-3H3. The van der Waals surface area contributed by atoms with Gasteiger partial charge < -0.3 is 9.47 Å². The molecule has 0 bridgehead atoms. The Labute approximate surface area is 217 Å². The largest absolute Gasteiger partial charge is 0.460 e. The van der Waals surface area contributed by atoms with Crippen LogP contribution in [0, 0.1) is 29.1 Å². The van der Waals surface area contributed by atoms with Gasteiger partial charge in [-0.3, -0.25) is 9.59 Å². The van der Waals surface area contributed by atoms with E-state index in [-0.39, 0.29) is 12.4 Å². The van der Waals surface area contributed by atoms with Crippen LogP contribution in [0.4, 0.5) is 22.0 Å². The molecule has 0 spiro atoms.